The summed E-state index contributed by atoms with van der Waals surface area (Å²) < 4.78 is 41.0. The smallest absolute Gasteiger partial charge is 0.369 e. The maximum atomic E-state index is 13.0. The summed E-state index contributed by atoms with van der Waals surface area (Å²) in [7, 11) is 0. The molecule has 1 fully saturated rings. The van der Waals surface area contributed by atoms with Crippen molar-refractivity contribution >= 4 is 22.9 Å². The van der Waals surface area contributed by atoms with Crippen LogP contribution >= 0.6 is 0 Å². The van der Waals surface area contributed by atoms with Crippen LogP contribution in [-0.2, 0) is 6.18 Å². The first-order valence-corrected chi connectivity index (χ1v) is 11.0. The van der Waals surface area contributed by atoms with Gasteiger partial charge in [-0.2, -0.15) is 13.2 Å². The molecule has 0 bridgehead atoms. The lowest BCUT2D eigenvalue weighted by Crippen LogP contribution is -2.18. The number of hydrogen-bond acceptors (Lipinski definition) is 4. The van der Waals surface area contributed by atoms with Crippen LogP contribution in [0.1, 0.15) is 34.5 Å². The number of carbonyl (C=O) groups excluding carboxylic acids is 1. The largest absolute Gasteiger partial charge is 0.416 e. The van der Waals surface area contributed by atoms with Gasteiger partial charge in [0.25, 0.3) is 5.91 Å². The third kappa shape index (κ3) is 4.21. The van der Waals surface area contributed by atoms with Crippen molar-refractivity contribution in [3.8, 4) is 11.1 Å². The fourth-order valence-corrected chi connectivity index (χ4v) is 4.29. The van der Waals surface area contributed by atoms with E-state index in [-0.39, 0.29) is 5.56 Å². The predicted molar refractivity (Wildman–Crippen MR) is 124 cm³/mol. The molecule has 0 atom stereocenters. The summed E-state index contributed by atoms with van der Waals surface area (Å²) >= 11 is 0. The van der Waals surface area contributed by atoms with Gasteiger partial charge in [0.15, 0.2) is 5.65 Å². The van der Waals surface area contributed by atoms with E-state index in [0.29, 0.717) is 5.69 Å². The third-order valence-corrected chi connectivity index (χ3v) is 6.02. The lowest BCUT2D eigenvalue weighted by molar-refractivity contribution is -0.137. The summed E-state index contributed by atoms with van der Waals surface area (Å²) in [6.07, 6.45) is 4.86. The molecular formula is C25H22F3N5O. The van der Waals surface area contributed by atoms with E-state index in [1.807, 2.05) is 23.7 Å². The minimum absolute atomic E-state index is 0.0758. The van der Waals surface area contributed by atoms with Gasteiger partial charge in [-0.25, -0.2) is 4.98 Å². The van der Waals surface area contributed by atoms with Crippen LogP contribution in [0, 0.1) is 6.92 Å². The number of imidazole rings is 1. The molecule has 3 aromatic heterocycles. The van der Waals surface area contributed by atoms with Crippen LogP contribution in [0.2, 0.25) is 0 Å². The van der Waals surface area contributed by atoms with E-state index in [2.05, 4.69) is 26.3 Å². The number of aromatic nitrogens is 3. The highest BCUT2D eigenvalue weighted by Gasteiger charge is 2.31. The molecule has 4 aromatic rings. The summed E-state index contributed by atoms with van der Waals surface area (Å²) in [6, 6.07) is 8.22. The maximum absolute atomic E-state index is 13.0. The molecule has 9 heteroatoms. The first kappa shape index (κ1) is 21.9. The number of fused-ring (bicyclic) bond motifs is 1. The minimum Gasteiger partial charge on any atom is -0.369 e. The van der Waals surface area contributed by atoms with Crippen LogP contribution < -0.4 is 10.2 Å². The van der Waals surface area contributed by atoms with Gasteiger partial charge in [-0.15, -0.1) is 0 Å². The summed E-state index contributed by atoms with van der Waals surface area (Å²) in [5.41, 5.74) is 3.87. The van der Waals surface area contributed by atoms with E-state index in [1.54, 1.807) is 12.3 Å². The molecule has 0 saturated carbocycles. The number of nitrogens with zero attached hydrogens (tertiary/aromatic N) is 4. The first-order chi connectivity index (χ1) is 16.3. The standard InChI is InChI=1S/C25H22F3N5O/c1-16-21(18-12-22(32-8-2-3-9-32)23-29-7-10-33(23)15-18)13-20(14-30-16)31-24(34)17-5-4-6-19(11-17)25(26,27)28/h4-7,10-15H,2-3,8-9H2,1H3,(H,31,34). The molecule has 1 aliphatic rings. The SMILES string of the molecule is Cc1ncc(NC(=O)c2cccc(C(F)(F)F)c2)cc1-c1cc(N2CCCC2)c2nccn2c1. The normalized spacial score (nSPS) is 14.1. The van der Waals surface area contributed by atoms with E-state index in [0.717, 1.165) is 66.2 Å². The number of carbonyl (C=O) groups is 1. The van der Waals surface area contributed by atoms with Gasteiger partial charge in [0.2, 0.25) is 0 Å². The molecule has 6 nitrogen and oxygen atoms in total. The summed E-state index contributed by atoms with van der Waals surface area (Å²) in [5.74, 6) is -0.634. The fraction of sp³-hybridized carbons (Fsp3) is 0.240. The number of halogens is 3. The predicted octanol–water partition coefficient (Wildman–Crippen LogP) is 5.58. The van der Waals surface area contributed by atoms with Crippen molar-refractivity contribution in [2.75, 3.05) is 23.3 Å². The van der Waals surface area contributed by atoms with Crippen molar-refractivity contribution < 1.29 is 18.0 Å². The first-order valence-electron chi connectivity index (χ1n) is 11.0. The number of benzene rings is 1. The van der Waals surface area contributed by atoms with Crippen molar-refractivity contribution in [2.45, 2.75) is 25.9 Å². The molecule has 1 aromatic carbocycles. The monoisotopic (exact) mass is 465 g/mol. The highest BCUT2D eigenvalue weighted by atomic mass is 19.4. The number of anilines is 2. The molecule has 0 aliphatic carbocycles. The molecule has 4 heterocycles. The van der Waals surface area contributed by atoms with Gasteiger partial charge in [0, 0.05) is 54.1 Å². The Morgan fingerprint density at radius 3 is 2.65 bits per heavy atom. The highest BCUT2D eigenvalue weighted by Crippen LogP contribution is 2.33. The molecule has 0 radical (unpaired) electrons. The average Bonchev–Trinajstić information content (AvgIpc) is 3.51. The number of amides is 1. The molecule has 34 heavy (non-hydrogen) atoms. The number of pyridine rings is 2. The van der Waals surface area contributed by atoms with Crippen LogP contribution in [0.4, 0.5) is 24.5 Å². The molecular weight excluding hydrogens is 443 g/mol. The number of rotatable bonds is 4. The zero-order chi connectivity index (χ0) is 23.9. The Morgan fingerprint density at radius 2 is 1.88 bits per heavy atom. The van der Waals surface area contributed by atoms with Gasteiger partial charge in [0.05, 0.1) is 23.1 Å². The lowest BCUT2D eigenvalue weighted by Gasteiger charge is -2.20. The van der Waals surface area contributed by atoms with Crippen LogP contribution in [0.3, 0.4) is 0 Å². The van der Waals surface area contributed by atoms with Crippen molar-refractivity contribution in [3.05, 3.63) is 78.0 Å². The average molecular weight is 465 g/mol. The van der Waals surface area contributed by atoms with Crippen molar-refractivity contribution in [2.24, 2.45) is 0 Å². The Bertz CT molecular complexity index is 1370. The third-order valence-electron chi connectivity index (χ3n) is 6.02. The van der Waals surface area contributed by atoms with Gasteiger partial charge in [-0.05, 0) is 50.1 Å². The molecule has 1 saturated heterocycles. The number of nitrogens with one attached hydrogen (secondary N) is 1. The number of alkyl halides is 3. The van der Waals surface area contributed by atoms with Crippen LogP contribution in [0.25, 0.3) is 16.8 Å². The molecule has 0 unspecified atom stereocenters. The maximum Gasteiger partial charge on any atom is 0.416 e. The van der Waals surface area contributed by atoms with E-state index < -0.39 is 17.6 Å². The Labute approximate surface area is 194 Å². The molecule has 1 aliphatic heterocycles. The topological polar surface area (TPSA) is 62.5 Å². The summed E-state index contributed by atoms with van der Waals surface area (Å²) in [6.45, 7) is 3.81. The second kappa shape index (κ2) is 8.48. The zero-order valence-corrected chi connectivity index (χ0v) is 18.4. The van der Waals surface area contributed by atoms with Crippen molar-refractivity contribution in [1.29, 1.82) is 0 Å². The second-order valence-corrected chi connectivity index (χ2v) is 8.36. The molecule has 0 spiro atoms. The lowest BCUT2D eigenvalue weighted by atomic mass is 10.0. The van der Waals surface area contributed by atoms with Crippen LogP contribution in [0.15, 0.2) is 61.2 Å². The van der Waals surface area contributed by atoms with Gasteiger partial charge < -0.3 is 14.6 Å². The second-order valence-electron chi connectivity index (χ2n) is 8.36. The number of hydrogen-bond donors (Lipinski definition) is 1. The Kier molecular flexibility index (Phi) is 5.47. The van der Waals surface area contributed by atoms with E-state index >= 15 is 0 Å². The highest BCUT2D eigenvalue weighted by molar-refractivity contribution is 6.04. The summed E-state index contributed by atoms with van der Waals surface area (Å²) in [5, 5.41) is 2.68. The Balaban J connectivity index is 1.48. The zero-order valence-electron chi connectivity index (χ0n) is 18.4. The van der Waals surface area contributed by atoms with Crippen LogP contribution in [-0.4, -0.2) is 33.4 Å². The van der Waals surface area contributed by atoms with Crippen LogP contribution in [0.5, 0.6) is 0 Å². The molecule has 1 amide bonds. The van der Waals surface area contributed by atoms with Gasteiger partial charge in [-0.1, -0.05) is 6.07 Å². The fourth-order valence-electron chi connectivity index (χ4n) is 4.29. The molecule has 5 rings (SSSR count). The van der Waals surface area contributed by atoms with Gasteiger partial charge in [0.1, 0.15) is 0 Å². The quantitative estimate of drug-likeness (QED) is 0.428. The van der Waals surface area contributed by atoms with E-state index in [4.69, 9.17) is 0 Å². The van der Waals surface area contributed by atoms with Crippen molar-refractivity contribution in [3.63, 3.8) is 0 Å². The molecule has 174 valence electrons. The van der Waals surface area contributed by atoms with E-state index in [1.165, 1.54) is 18.3 Å². The molecule has 1 N–H and O–H groups in total. The van der Waals surface area contributed by atoms with Gasteiger partial charge in [-0.3, -0.25) is 9.78 Å². The summed E-state index contributed by atoms with van der Waals surface area (Å²) in [4.78, 5) is 23.9. The minimum atomic E-state index is -4.52. The Hall–Kier alpha value is -3.88. The van der Waals surface area contributed by atoms with E-state index in [9.17, 15) is 18.0 Å². The van der Waals surface area contributed by atoms with Gasteiger partial charge >= 0.3 is 6.18 Å². The van der Waals surface area contributed by atoms with Crippen molar-refractivity contribution in [1.82, 2.24) is 14.4 Å². The Morgan fingerprint density at radius 1 is 1.09 bits per heavy atom. The number of aryl methyl sites for hydroxylation is 1.